The fourth-order valence-corrected chi connectivity index (χ4v) is 1.78. The van der Waals surface area contributed by atoms with Gasteiger partial charge in [0.1, 0.15) is 6.54 Å². The molecule has 0 aliphatic carbocycles. The second-order valence-corrected chi connectivity index (χ2v) is 3.79. The molecule has 0 unspecified atom stereocenters. The highest BCUT2D eigenvalue weighted by molar-refractivity contribution is 4.97. The normalized spacial score (nSPS) is 9.73. The summed E-state index contributed by atoms with van der Waals surface area (Å²) in [5.74, 6) is 0. The highest BCUT2D eigenvalue weighted by Crippen LogP contribution is 2.04. The maximum Gasteiger partial charge on any atom is 0.181 e. The van der Waals surface area contributed by atoms with Crippen molar-refractivity contribution in [2.45, 2.75) is 52.5 Å². The Balaban J connectivity index is 0.00000196. The molecule has 0 bridgehead atoms. The first kappa shape index (κ1) is 14.9. The molecule has 1 aromatic heterocycles. The second-order valence-electron chi connectivity index (χ2n) is 3.79. The van der Waals surface area contributed by atoms with Crippen molar-refractivity contribution in [3.8, 4) is 0 Å². The van der Waals surface area contributed by atoms with Gasteiger partial charge < -0.3 is 24.0 Å². The van der Waals surface area contributed by atoms with E-state index in [1.807, 2.05) is 0 Å². The Morgan fingerprint density at radius 1 is 1.07 bits per heavy atom. The summed E-state index contributed by atoms with van der Waals surface area (Å²) in [6.45, 7) is 5.55. The third kappa shape index (κ3) is 5.50. The molecule has 0 aliphatic rings. The van der Waals surface area contributed by atoms with Crippen molar-refractivity contribution < 1.29 is 28.5 Å². The number of aryl methyl sites for hydroxylation is 2. The summed E-state index contributed by atoms with van der Waals surface area (Å²) in [7, 11) is 0. The van der Waals surface area contributed by atoms with Crippen LogP contribution >= 0.6 is 0 Å². The molecule has 0 aliphatic heterocycles. The number of pyridine rings is 1. The summed E-state index contributed by atoms with van der Waals surface area (Å²) >= 11 is 0. The minimum atomic E-state index is 0. The molecule has 1 aromatic rings. The Hall–Kier alpha value is -0.120. The molecule has 0 fully saturated rings. The predicted molar refractivity (Wildman–Crippen MR) is 60.2 cm³/mol. The Morgan fingerprint density at radius 2 is 1.87 bits per heavy atom. The van der Waals surface area contributed by atoms with Crippen LogP contribution in [0.1, 0.15) is 45.2 Å². The zero-order valence-corrected chi connectivity index (χ0v) is 12.0. The lowest BCUT2D eigenvalue weighted by atomic mass is 10.1. The fraction of sp³-hybridized carbons (Fsp3) is 0.615. The predicted octanol–water partition coefficient (Wildman–Crippen LogP) is 0.121. The molecule has 0 atom stereocenters. The quantitative estimate of drug-likeness (QED) is 0.398. The monoisotopic (exact) mass is 319 g/mol. The van der Waals surface area contributed by atoms with Crippen LogP contribution in [0.4, 0.5) is 0 Å². The molecule has 0 radical (unpaired) electrons. The number of halogens is 1. The minimum absolute atomic E-state index is 0. The summed E-state index contributed by atoms with van der Waals surface area (Å²) in [6, 6.07) is 6.50. The summed E-state index contributed by atoms with van der Waals surface area (Å²) < 4.78 is 2.34. The number of hydrogen-bond acceptors (Lipinski definition) is 0. The van der Waals surface area contributed by atoms with E-state index in [1.54, 1.807) is 0 Å². The van der Waals surface area contributed by atoms with E-state index in [2.05, 4.69) is 42.8 Å². The third-order valence-electron chi connectivity index (χ3n) is 2.66. The van der Waals surface area contributed by atoms with Crippen LogP contribution in [0.15, 0.2) is 24.4 Å². The SMILES string of the molecule is CCCCCCc1cccc[n+]1CC.[I-]. The van der Waals surface area contributed by atoms with Gasteiger partial charge in [-0.05, 0) is 13.3 Å². The smallest absolute Gasteiger partial charge is 0.181 e. The maximum absolute atomic E-state index is 2.34. The van der Waals surface area contributed by atoms with Crippen molar-refractivity contribution in [2.24, 2.45) is 0 Å². The number of aromatic nitrogens is 1. The molecular formula is C13H22IN. The fourth-order valence-electron chi connectivity index (χ4n) is 1.78. The van der Waals surface area contributed by atoms with Crippen molar-refractivity contribution >= 4 is 0 Å². The Labute approximate surface area is 111 Å². The molecule has 1 heterocycles. The lowest BCUT2D eigenvalue weighted by molar-refractivity contribution is -0.700. The van der Waals surface area contributed by atoms with Crippen LogP contribution in [-0.4, -0.2) is 0 Å². The van der Waals surface area contributed by atoms with Gasteiger partial charge in [0.2, 0.25) is 0 Å². The van der Waals surface area contributed by atoms with Gasteiger partial charge in [-0.15, -0.1) is 0 Å². The van der Waals surface area contributed by atoms with E-state index in [0.29, 0.717) is 0 Å². The number of rotatable bonds is 6. The van der Waals surface area contributed by atoms with E-state index in [9.17, 15) is 0 Å². The van der Waals surface area contributed by atoms with E-state index >= 15 is 0 Å². The molecule has 0 saturated carbocycles. The van der Waals surface area contributed by atoms with Gasteiger partial charge in [0.15, 0.2) is 11.9 Å². The van der Waals surface area contributed by atoms with Crippen molar-refractivity contribution in [1.82, 2.24) is 0 Å². The van der Waals surface area contributed by atoms with Crippen LogP contribution in [0, 0.1) is 0 Å². The summed E-state index contributed by atoms with van der Waals surface area (Å²) in [6.07, 6.45) is 8.80. The highest BCUT2D eigenvalue weighted by atomic mass is 127. The van der Waals surface area contributed by atoms with E-state index in [-0.39, 0.29) is 24.0 Å². The van der Waals surface area contributed by atoms with Crippen LogP contribution < -0.4 is 28.5 Å². The second kappa shape index (κ2) is 9.13. The summed E-state index contributed by atoms with van der Waals surface area (Å²) in [4.78, 5) is 0. The molecule has 0 N–H and O–H groups in total. The largest absolute Gasteiger partial charge is 1.00 e. The first-order valence-electron chi connectivity index (χ1n) is 5.85. The first-order chi connectivity index (χ1) is 6.88. The minimum Gasteiger partial charge on any atom is -1.00 e. The molecule has 0 saturated heterocycles. The van der Waals surface area contributed by atoms with E-state index in [0.717, 1.165) is 6.54 Å². The zero-order chi connectivity index (χ0) is 10.2. The van der Waals surface area contributed by atoms with Gasteiger partial charge in [-0.1, -0.05) is 32.3 Å². The van der Waals surface area contributed by atoms with Crippen LogP contribution in [0.5, 0.6) is 0 Å². The molecule has 0 aromatic carbocycles. The maximum atomic E-state index is 2.34. The van der Waals surface area contributed by atoms with Gasteiger partial charge >= 0.3 is 0 Å². The summed E-state index contributed by atoms with van der Waals surface area (Å²) in [5, 5.41) is 0. The van der Waals surface area contributed by atoms with Crippen molar-refractivity contribution in [3.05, 3.63) is 30.1 Å². The van der Waals surface area contributed by atoms with E-state index < -0.39 is 0 Å². The molecule has 2 heteroatoms. The average Bonchev–Trinajstić information content (AvgIpc) is 2.25. The molecule has 0 amide bonds. The molecular weight excluding hydrogens is 297 g/mol. The first-order valence-corrected chi connectivity index (χ1v) is 5.85. The van der Waals surface area contributed by atoms with Gasteiger partial charge in [0.25, 0.3) is 0 Å². The van der Waals surface area contributed by atoms with Crippen LogP contribution in [0.2, 0.25) is 0 Å². The Kier molecular flexibility index (Phi) is 9.06. The molecule has 15 heavy (non-hydrogen) atoms. The van der Waals surface area contributed by atoms with Crippen molar-refractivity contribution in [1.29, 1.82) is 0 Å². The Morgan fingerprint density at radius 3 is 2.53 bits per heavy atom. The van der Waals surface area contributed by atoms with Crippen LogP contribution in [0.3, 0.4) is 0 Å². The van der Waals surface area contributed by atoms with Crippen molar-refractivity contribution in [2.75, 3.05) is 0 Å². The molecule has 1 nitrogen and oxygen atoms in total. The van der Waals surface area contributed by atoms with Gasteiger partial charge in [0, 0.05) is 18.6 Å². The van der Waals surface area contributed by atoms with Crippen molar-refractivity contribution in [3.63, 3.8) is 0 Å². The van der Waals surface area contributed by atoms with Gasteiger partial charge in [0.05, 0.1) is 0 Å². The lowest BCUT2D eigenvalue weighted by Crippen LogP contribution is -3.00. The van der Waals surface area contributed by atoms with Gasteiger partial charge in [-0.25, -0.2) is 4.57 Å². The van der Waals surface area contributed by atoms with Crippen LogP contribution in [-0.2, 0) is 13.0 Å². The molecule has 86 valence electrons. The molecule has 1 rings (SSSR count). The third-order valence-corrected chi connectivity index (χ3v) is 2.66. The number of nitrogens with zero attached hydrogens (tertiary/aromatic N) is 1. The standard InChI is InChI=1S/C13H22N.HI/c1-3-5-6-7-10-13-11-8-9-12-14(13)4-2;/h8-9,11-12H,3-7,10H2,1-2H3;1H/q+1;/p-1. The zero-order valence-electron chi connectivity index (χ0n) is 9.88. The lowest BCUT2D eigenvalue weighted by Gasteiger charge is -2.01. The summed E-state index contributed by atoms with van der Waals surface area (Å²) in [5.41, 5.74) is 1.48. The average molecular weight is 319 g/mol. The molecule has 0 spiro atoms. The Bertz CT molecular complexity index is 260. The topological polar surface area (TPSA) is 3.88 Å². The van der Waals surface area contributed by atoms with E-state index in [4.69, 9.17) is 0 Å². The highest BCUT2D eigenvalue weighted by Gasteiger charge is 2.05. The van der Waals surface area contributed by atoms with Gasteiger partial charge in [-0.2, -0.15) is 0 Å². The number of unbranched alkanes of at least 4 members (excludes halogenated alkanes) is 3. The number of hydrogen-bond donors (Lipinski definition) is 0. The van der Waals surface area contributed by atoms with Crippen LogP contribution in [0.25, 0.3) is 0 Å². The van der Waals surface area contributed by atoms with Gasteiger partial charge in [-0.3, -0.25) is 0 Å². The van der Waals surface area contributed by atoms with E-state index in [1.165, 1.54) is 37.8 Å².